The van der Waals surface area contributed by atoms with Crippen molar-refractivity contribution in [3.05, 3.63) is 29.4 Å². The van der Waals surface area contributed by atoms with Crippen LogP contribution in [-0.2, 0) is 6.42 Å². The van der Waals surface area contributed by atoms with Gasteiger partial charge in [0.05, 0.1) is 11.3 Å². The van der Waals surface area contributed by atoms with Gasteiger partial charge in [0.15, 0.2) is 0 Å². The smallest absolute Gasteiger partial charge is 0.383 e. The number of allylic oxidation sites excluding steroid dienone is 1. The van der Waals surface area contributed by atoms with E-state index in [0.717, 1.165) is 11.3 Å². The Balaban J connectivity index is 0. The molecule has 9 heteroatoms. The molecule has 2 rings (SSSR count). The normalized spacial score (nSPS) is 9.80. The molecule has 172 valence electrons. The second kappa shape index (κ2) is 16.6. The molecule has 0 aliphatic carbocycles. The number of rotatable bonds is 5. The van der Waals surface area contributed by atoms with Crippen molar-refractivity contribution in [2.75, 3.05) is 17.6 Å². The topological polar surface area (TPSA) is 76.7 Å². The summed E-state index contributed by atoms with van der Waals surface area (Å²) in [5.41, 5.74) is 6.90. The Labute approximate surface area is 183 Å². The first-order valence-corrected chi connectivity index (χ1v) is 10.9. The molecule has 2 aromatic rings. The van der Waals surface area contributed by atoms with E-state index in [1.165, 1.54) is 24.2 Å². The molecule has 0 amide bonds. The lowest BCUT2D eigenvalue weighted by molar-refractivity contribution is -0.115. The molecule has 2 aromatic heterocycles. The molecular weight excluding hydrogens is 411 g/mol. The number of halogens is 3. The zero-order valence-electron chi connectivity index (χ0n) is 19.2. The molecule has 2 heterocycles. The molecule has 0 spiro atoms. The fraction of sp³-hybridized carbons (Fsp3) is 0.571. The van der Waals surface area contributed by atoms with Gasteiger partial charge in [0.25, 0.3) is 0 Å². The van der Waals surface area contributed by atoms with Crippen LogP contribution < -0.4 is 11.1 Å². The van der Waals surface area contributed by atoms with Crippen molar-refractivity contribution in [2.45, 2.75) is 73.9 Å². The Bertz CT molecular complexity index is 690. The molecule has 30 heavy (non-hydrogen) atoms. The molecule has 0 aliphatic rings. The largest absolute Gasteiger partial charge is 0.405 e. The summed E-state index contributed by atoms with van der Waals surface area (Å²) in [5, 5.41) is 2.79. The maximum absolute atomic E-state index is 12.2. The fourth-order valence-corrected chi connectivity index (χ4v) is 2.66. The van der Waals surface area contributed by atoms with Gasteiger partial charge in [-0.3, -0.25) is 0 Å². The van der Waals surface area contributed by atoms with E-state index in [1.807, 2.05) is 27.7 Å². The lowest BCUT2D eigenvalue weighted by Crippen LogP contribution is -2.22. The number of nitrogens with zero attached hydrogens (tertiary/aromatic N) is 3. The summed E-state index contributed by atoms with van der Waals surface area (Å²) >= 11 is 1.47. The van der Waals surface area contributed by atoms with E-state index < -0.39 is 12.7 Å². The van der Waals surface area contributed by atoms with Crippen molar-refractivity contribution in [1.29, 1.82) is 0 Å². The van der Waals surface area contributed by atoms with Crippen molar-refractivity contribution in [3.8, 4) is 10.6 Å². The van der Waals surface area contributed by atoms with Crippen LogP contribution in [0.3, 0.4) is 0 Å². The zero-order valence-corrected chi connectivity index (χ0v) is 20.0. The molecule has 3 N–H and O–H groups in total. The average molecular weight is 448 g/mol. The van der Waals surface area contributed by atoms with Crippen molar-refractivity contribution in [1.82, 2.24) is 15.0 Å². The highest BCUT2D eigenvalue weighted by atomic mass is 32.1. The van der Waals surface area contributed by atoms with Gasteiger partial charge in [0.2, 0.25) is 5.95 Å². The summed E-state index contributed by atoms with van der Waals surface area (Å²) in [6.45, 7) is 16.1. The van der Waals surface area contributed by atoms with Crippen LogP contribution >= 0.6 is 11.3 Å². The van der Waals surface area contributed by atoms with Crippen LogP contribution in [0.25, 0.3) is 10.6 Å². The van der Waals surface area contributed by atoms with Crippen LogP contribution in [0.1, 0.15) is 65.0 Å². The summed E-state index contributed by atoms with van der Waals surface area (Å²) in [7, 11) is 0. The van der Waals surface area contributed by atoms with E-state index in [2.05, 4.69) is 40.7 Å². The standard InChI is InChI=1S/C12H14F3N5S.C4H10.C3H6.C2H6/c1-3-7-4-17-10(21-7)8-6(2)19-11(20-9(8)16)18-5-12(13,14)15;1-3-4-2;1-3-2;1-2/h4H,3,5H2,1-2H3,(H3,16,18,19,20);3-4H2,1-2H3;3H,1H2,2H3;1-2H3. The fourth-order valence-electron chi connectivity index (χ4n) is 1.70. The third kappa shape index (κ3) is 12.4. The van der Waals surface area contributed by atoms with Gasteiger partial charge in [-0.15, -0.1) is 17.9 Å². The molecule has 0 aliphatic heterocycles. The first-order valence-electron chi connectivity index (χ1n) is 10.1. The molecule has 0 saturated heterocycles. The van der Waals surface area contributed by atoms with Crippen molar-refractivity contribution < 1.29 is 13.2 Å². The Morgan fingerprint density at radius 1 is 1.17 bits per heavy atom. The summed E-state index contributed by atoms with van der Waals surface area (Å²) in [5.74, 6) is -0.0254. The predicted octanol–water partition coefficient (Wildman–Crippen LogP) is 7.05. The number of nitrogens with one attached hydrogen (secondary N) is 1. The van der Waals surface area contributed by atoms with Crippen molar-refractivity contribution >= 4 is 23.1 Å². The van der Waals surface area contributed by atoms with Gasteiger partial charge in [-0.25, -0.2) is 9.97 Å². The molecule has 0 radical (unpaired) electrons. The van der Waals surface area contributed by atoms with Crippen LogP contribution in [-0.4, -0.2) is 27.7 Å². The highest BCUT2D eigenvalue weighted by molar-refractivity contribution is 7.15. The number of thiazole rings is 1. The third-order valence-electron chi connectivity index (χ3n) is 3.18. The lowest BCUT2D eigenvalue weighted by atomic mass is 10.2. The number of unbranched alkanes of at least 4 members (excludes halogenated alkanes) is 1. The Kier molecular flexibility index (Phi) is 16.6. The van der Waals surface area contributed by atoms with Gasteiger partial charge in [-0.1, -0.05) is 53.5 Å². The van der Waals surface area contributed by atoms with Gasteiger partial charge < -0.3 is 11.1 Å². The highest BCUT2D eigenvalue weighted by Crippen LogP contribution is 2.32. The van der Waals surface area contributed by atoms with Crippen molar-refractivity contribution in [2.24, 2.45) is 0 Å². The van der Waals surface area contributed by atoms with Gasteiger partial charge in [-0.05, 0) is 20.3 Å². The van der Waals surface area contributed by atoms with Gasteiger partial charge >= 0.3 is 6.18 Å². The summed E-state index contributed by atoms with van der Waals surface area (Å²) in [6, 6.07) is 0. The Morgan fingerprint density at radius 2 is 1.70 bits per heavy atom. The monoisotopic (exact) mass is 447 g/mol. The highest BCUT2D eigenvalue weighted by Gasteiger charge is 2.27. The minimum absolute atomic E-state index is 0.115. The summed E-state index contributed by atoms with van der Waals surface area (Å²) in [4.78, 5) is 13.2. The molecule has 0 aromatic carbocycles. The summed E-state index contributed by atoms with van der Waals surface area (Å²) in [6.07, 6.45) is 2.65. The van der Waals surface area contributed by atoms with Crippen LogP contribution in [0.5, 0.6) is 0 Å². The first kappa shape index (κ1) is 30.0. The second-order valence-electron chi connectivity index (χ2n) is 5.76. The molecular formula is C21H36F3N5S. The Hall–Kier alpha value is -2.16. The zero-order chi connectivity index (χ0) is 23.7. The number of hydrogen-bond acceptors (Lipinski definition) is 6. The summed E-state index contributed by atoms with van der Waals surface area (Å²) < 4.78 is 36.5. The predicted molar refractivity (Wildman–Crippen MR) is 124 cm³/mol. The van der Waals surface area contributed by atoms with Gasteiger partial charge in [-0.2, -0.15) is 18.2 Å². The van der Waals surface area contributed by atoms with Gasteiger partial charge in [0, 0.05) is 11.1 Å². The maximum atomic E-state index is 12.2. The molecule has 0 unspecified atom stereocenters. The van der Waals surface area contributed by atoms with Gasteiger partial charge in [0.1, 0.15) is 17.4 Å². The maximum Gasteiger partial charge on any atom is 0.405 e. The van der Waals surface area contributed by atoms with E-state index in [4.69, 9.17) is 5.73 Å². The molecule has 0 bridgehead atoms. The number of hydrogen-bond donors (Lipinski definition) is 2. The minimum Gasteiger partial charge on any atom is -0.383 e. The van der Waals surface area contributed by atoms with Crippen molar-refractivity contribution in [3.63, 3.8) is 0 Å². The quantitative estimate of drug-likeness (QED) is 0.480. The van der Waals surface area contributed by atoms with E-state index in [1.54, 1.807) is 19.2 Å². The van der Waals surface area contributed by atoms with Crippen LogP contribution in [0.15, 0.2) is 18.9 Å². The van der Waals surface area contributed by atoms with Crippen LogP contribution in [0.2, 0.25) is 0 Å². The number of aromatic nitrogens is 3. The number of nitrogens with two attached hydrogens (primary N) is 1. The average Bonchev–Trinajstić information content (AvgIpc) is 3.16. The number of alkyl halides is 3. The number of nitrogen functional groups attached to an aromatic ring is 1. The van der Waals surface area contributed by atoms with Crippen LogP contribution in [0.4, 0.5) is 24.9 Å². The molecule has 0 atom stereocenters. The number of aryl methyl sites for hydroxylation is 2. The molecule has 5 nitrogen and oxygen atoms in total. The number of anilines is 2. The lowest BCUT2D eigenvalue weighted by Gasteiger charge is -2.11. The SMILES string of the molecule is C=CC.CC.CCCC.CCc1cnc(-c2c(C)nc(NCC(F)(F)F)nc2N)s1. The molecule has 0 saturated carbocycles. The molecule has 0 fully saturated rings. The minimum atomic E-state index is -4.34. The van der Waals surface area contributed by atoms with E-state index in [-0.39, 0.29) is 11.8 Å². The van der Waals surface area contributed by atoms with Crippen LogP contribution in [0, 0.1) is 6.92 Å². The first-order chi connectivity index (χ1) is 14.1. The van der Waals surface area contributed by atoms with E-state index in [0.29, 0.717) is 16.3 Å². The third-order valence-corrected chi connectivity index (χ3v) is 4.34. The second-order valence-corrected chi connectivity index (χ2v) is 6.87. The van der Waals surface area contributed by atoms with E-state index in [9.17, 15) is 13.2 Å². The van der Waals surface area contributed by atoms with E-state index >= 15 is 0 Å². The Morgan fingerprint density at radius 3 is 2.07 bits per heavy atom.